The molecule has 0 spiro atoms. The molecule has 0 saturated heterocycles. The summed E-state index contributed by atoms with van der Waals surface area (Å²) in [6.07, 6.45) is 0. The van der Waals surface area contributed by atoms with Crippen LogP contribution < -0.4 is 0 Å². The van der Waals surface area contributed by atoms with Crippen molar-refractivity contribution in [2.24, 2.45) is 0 Å². The van der Waals surface area contributed by atoms with E-state index in [2.05, 4.69) is 252 Å². The molecule has 0 aliphatic carbocycles. The first-order valence-electron chi connectivity index (χ1n) is 30.8. The second kappa shape index (κ2) is 22.8. The highest BCUT2D eigenvalue weighted by Crippen LogP contribution is 2.47. The third-order valence-electron chi connectivity index (χ3n) is 17.3. The van der Waals surface area contributed by atoms with Gasteiger partial charge in [-0.3, -0.25) is 0 Å². The van der Waals surface area contributed by atoms with Gasteiger partial charge < -0.3 is 9.13 Å². The van der Waals surface area contributed by atoms with Gasteiger partial charge in [-0.2, -0.15) is 0 Å². The van der Waals surface area contributed by atoms with Crippen LogP contribution in [0.3, 0.4) is 0 Å². The molecule has 17 rings (SSSR count). The Morgan fingerprint density at radius 3 is 1.02 bits per heavy atom. The summed E-state index contributed by atoms with van der Waals surface area (Å²) in [5.74, 6) is 3.03. The van der Waals surface area contributed by atoms with Gasteiger partial charge in [-0.15, -0.1) is 0 Å². The smallest absolute Gasteiger partial charge is 0.168 e. The summed E-state index contributed by atoms with van der Waals surface area (Å²) in [6, 6.07) is 112. The van der Waals surface area contributed by atoms with Crippen LogP contribution in [0.25, 0.3) is 168 Å². The Balaban J connectivity index is 1.04. The average molecular weight is 1180 g/mol. The molecule has 0 fully saturated rings. The minimum Gasteiger partial charge on any atom is -0.308 e. The van der Waals surface area contributed by atoms with E-state index < -0.39 is 0 Å². The highest BCUT2D eigenvalue weighted by atomic mass is 15.1. The number of hydrogen-bond donors (Lipinski definition) is 0. The molecule has 12 aromatic carbocycles. The van der Waals surface area contributed by atoms with Crippen LogP contribution in [0.5, 0.6) is 0 Å². The number of nitrogens with zero attached hydrogens (tertiary/aromatic N) is 9. The van der Waals surface area contributed by atoms with Gasteiger partial charge in [-0.25, -0.2) is 34.9 Å². The molecule has 5 heterocycles. The van der Waals surface area contributed by atoms with Crippen LogP contribution in [0.4, 0.5) is 0 Å². The first-order chi connectivity index (χ1) is 45.6. The maximum Gasteiger partial charge on any atom is 0.168 e. The molecule has 430 valence electrons. The zero-order valence-corrected chi connectivity index (χ0v) is 49.6. The second-order valence-corrected chi connectivity index (χ2v) is 22.8. The van der Waals surface area contributed by atoms with Gasteiger partial charge >= 0.3 is 0 Å². The maximum atomic E-state index is 5.71. The predicted octanol–water partition coefficient (Wildman–Crippen LogP) is 20.3. The topological polar surface area (TPSA) is 100 Å². The van der Waals surface area contributed by atoms with Gasteiger partial charge in [0.2, 0.25) is 0 Å². The first kappa shape index (κ1) is 53.6. The van der Waals surface area contributed by atoms with Crippen LogP contribution in [0.1, 0.15) is 0 Å². The quantitative estimate of drug-likeness (QED) is 0.120. The Labute approximate surface area is 530 Å². The van der Waals surface area contributed by atoms with Crippen molar-refractivity contribution in [3.8, 4) is 124 Å². The summed E-state index contributed by atoms with van der Waals surface area (Å²) in [4.78, 5) is 38.4. The summed E-state index contributed by atoms with van der Waals surface area (Å²) in [7, 11) is 0. The molecular weight excluding hydrogens is 1120 g/mol. The number of hydrogen-bond acceptors (Lipinski definition) is 7. The first-order valence-corrected chi connectivity index (χ1v) is 30.8. The van der Waals surface area contributed by atoms with Crippen LogP contribution in [0.2, 0.25) is 0 Å². The number of rotatable bonds is 12. The van der Waals surface area contributed by atoms with E-state index in [0.29, 0.717) is 34.9 Å². The van der Waals surface area contributed by atoms with Gasteiger partial charge in [0.1, 0.15) is 0 Å². The average Bonchev–Trinajstić information content (AvgIpc) is 1.97. The molecule has 5 aromatic heterocycles. The number of pyridine rings is 1. The summed E-state index contributed by atoms with van der Waals surface area (Å²) in [6.45, 7) is 0. The van der Waals surface area contributed by atoms with Gasteiger partial charge in [0.25, 0.3) is 0 Å². The van der Waals surface area contributed by atoms with Crippen molar-refractivity contribution in [2.75, 3.05) is 0 Å². The van der Waals surface area contributed by atoms with E-state index in [1.807, 2.05) is 78.9 Å². The molecule has 0 atom stereocenters. The Morgan fingerprint density at radius 1 is 0.196 bits per heavy atom. The van der Waals surface area contributed by atoms with Gasteiger partial charge in [-0.1, -0.05) is 255 Å². The van der Waals surface area contributed by atoms with Crippen LogP contribution in [0.15, 0.2) is 322 Å². The minimum absolute atomic E-state index is 0.450. The maximum absolute atomic E-state index is 5.71. The second-order valence-electron chi connectivity index (χ2n) is 22.8. The molecule has 0 radical (unpaired) electrons. The van der Waals surface area contributed by atoms with Gasteiger partial charge in [0.05, 0.1) is 50.4 Å². The zero-order valence-electron chi connectivity index (χ0n) is 49.6. The molecule has 0 aliphatic heterocycles. The fourth-order valence-electron chi connectivity index (χ4n) is 12.9. The Kier molecular flexibility index (Phi) is 13.3. The van der Waals surface area contributed by atoms with Crippen molar-refractivity contribution >= 4 is 43.6 Å². The number of fused-ring (bicyclic) bond motifs is 6. The fourth-order valence-corrected chi connectivity index (χ4v) is 12.9. The fraction of sp³-hybridized carbons (Fsp3) is 0. The van der Waals surface area contributed by atoms with Crippen molar-refractivity contribution < 1.29 is 0 Å². The lowest BCUT2D eigenvalue weighted by molar-refractivity contribution is 1.04. The number of aromatic nitrogens is 9. The van der Waals surface area contributed by atoms with Crippen molar-refractivity contribution in [2.45, 2.75) is 0 Å². The summed E-state index contributed by atoms with van der Waals surface area (Å²) < 4.78 is 4.79. The molecule has 17 aromatic rings. The van der Waals surface area contributed by atoms with Crippen LogP contribution in [-0.4, -0.2) is 44.0 Å². The van der Waals surface area contributed by atoms with E-state index >= 15 is 0 Å². The zero-order chi connectivity index (χ0) is 60.9. The van der Waals surface area contributed by atoms with Crippen molar-refractivity contribution in [3.05, 3.63) is 322 Å². The molecule has 0 saturated carbocycles. The summed E-state index contributed by atoms with van der Waals surface area (Å²) in [5, 5.41) is 4.25. The van der Waals surface area contributed by atoms with E-state index in [-0.39, 0.29) is 0 Å². The summed E-state index contributed by atoms with van der Waals surface area (Å²) >= 11 is 0. The van der Waals surface area contributed by atoms with E-state index in [9.17, 15) is 0 Å². The van der Waals surface area contributed by atoms with Crippen LogP contribution in [-0.2, 0) is 0 Å². The predicted molar refractivity (Wildman–Crippen MR) is 374 cm³/mol. The molecule has 0 aliphatic rings. The minimum atomic E-state index is 0.450. The number of para-hydroxylation sites is 1. The van der Waals surface area contributed by atoms with E-state index in [1.54, 1.807) is 0 Å². The third-order valence-corrected chi connectivity index (χ3v) is 17.3. The highest BCUT2D eigenvalue weighted by Gasteiger charge is 2.30. The number of benzene rings is 12. The molecule has 0 unspecified atom stereocenters. The largest absolute Gasteiger partial charge is 0.308 e. The lowest BCUT2D eigenvalue weighted by atomic mass is 10.0. The Morgan fingerprint density at radius 2 is 0.543 bits per heavy atom. The lowest BCUT2D eigenvalue weighted by Gasteiger charge is -2.23. The standard InChI is InChI=1S/C83H53N9/c1-8-25-54(26-9-1)61-43-47-73-67(51-61)68-52-62(55-27-10-2-11-28-55)44-48-74(68)92(73)77-65(82-87-78(57-31-14-4-15-32-57)85-79(88-82)58-33-16-5-17-34-58)46-50-75(76(77)83-89-80(59-35-18-6-19-36-59)86-81(90-83)60-37-20-7-21-38-60)91-71-42-23-22-39-64(71)66-53-63(45-49-72(66)91)70-41-24-40-69(84-70)56-29-12-3-13-30-56/h1-53H. The van der Waals surface area contributed by atoms with Gasteiger partial charge in [0, 0.05) is 60.5 Å². The lowest BCUT2D eigenvalue weighted by Crippen LogP contribution is -2.10. The van der Waals surface area contributed by atoms with Crippen molar-refractivity contribution in [3.63, 3.8) is 0 Å². The SMILES string of the molecule is c1ccc(-c2ccc3c(c2)c2cc(-c4ccccc4)ccc2n3-c2c(-c3nc(-c4ccccc4)nc(-c4ccccc4)n3)ccc(-n3c4ccccc4c4cc(-c5cccc(-c6ccccc6)n5)ccc43)c2-c2nc(-c3ccccc3)nc(-c3ccccc3)n2)cc1. The van der Waals surface area contributed by atoms with Gasteiger partial charge in [0.15, 0.2) is 34.9 Å². The molecule has 9 heteroatoms. The summed E-state index contributed by atoms with van der Waals surface area (Å²) in [5.41, 5.74) is 18.6. The monoisotopic (exact) mass is 1180 g/mol. The molecular formula is C83H53N9. The molecule has 9 nitrogen and oxygen atoms in total. The molecule has 0 N–H and O–H groups in total. The van der Waals surface area contributed by atoms with E-state index in [1.165, 1.54) is 0 Å². The molecule has 0 bridgehead atoms. The third kappa shape index (κ3) is 9.65. The van der Waals surface area contributed by atoms with Crippen molar-refractivity contribution in [1.29, 1.82) is 0 Å². The Bertz CT molecular complexity index is 5390. The Hall–Kier alpha value is -12.6. The molecule has 92 heavy (non-hydrogen) atoms. The highest BCUT2D eigenvalue weighted by molar-refractivity contribution is 6.14. The van der Waals surface area contributed by atoms with Crippen LogP contribution in [0, 0.1) is 0 Å². The van der Waals surface area contributed by atoms with E-state index in [4.69, 9.17) is 34.9 Å². The van der Waals surface area contributed by atoms with Crippen LogP contribution >= 0.6 is 0 Å². The van der Waals surface area contributed by atoms with E-state index in [0.717, 1.165) is 133 Å². The molecule has 0 amide bonds. The normalized spacial score (nSPS) is 11.5. The van der Waals surface area contributed by atoms with Crippen molar-refractivity contribution in [1.82, 2.24) is 44.0 Å². The van der Waals surface area contributed by atoms with Gasteiger partial charge in [-0.05, 0) is 89.0 Å².